The first-order valence-corrected chi connectivity index (χ1v) is 6.75. The molecule has 0 aliphatic carbocycles. The van der Waals surface area contributed by atoms with Crippen LogP contribution in [0.15, 0.2) is 0 Å². The highest BCUT2D eigenvalue weighted by Crippen LogP contribution is 2.00. The molecular formula is C11H19N3O6S. The summed E-state index contributed by atoms with van der Waals surface area (Å²) in [6, 6.07) is 0. The number of carbonyl (C=O) groups excluding carboxylic acids is 3. The van der Waals surface area contributed by atoms with Crippen LogP contribution in [0, 0.1) is 5.92 Å². The Morgan fingerprint density at radius 1 is 1.33 bits per heavy atom. The van der Waals surface area contributed by atoms with Gasteiger partial charge in [-0.05, 0) is 0 Å². The Bertz CT molecular complexity index is 379. The molecule has 0 aromatic carbocycles. The Labute approximate surface area is 127 Å². The van der Waals surface area contributed by atoms with E-state index in [1.54, 1.807) is 0 Å². The molecule has 0 saturated carbocycles. The van der Waals surface area contributed by atoms with Gasteiger partial charge in [-0.1, -0.05) is 0 Å². The first-order chi connectivity index (χ1) is 9.90. The van der Waals surface area contributed by atoms with E-state index in [0.717, 1.165) is 0 Å². The molecule has 2 amide bonds. The van der Waals surface area contributed by atoms with Crippen LogP contribution < -0.4 is 16.4 Å². The van der Waals surface area contributed by atoms with Gasteiger partial charge in [-0.3, -0.25) is 24.9 Å². The Balaban J connectivity index is 4.03. The molecule has 9 nitrogen and oxygen atoms in total. The summed E-state index contributed by atoms with van der Waals surface area (Å²) in [7, 11) is 0. The number of aliphatic carboxylic acids is 1. The van der Waals surface area contributed by atoms with Crippen molar-refractivity contribution in [2.24, 2.45) is 11.7 Å². The molecule has 0 radical (unpaired) electrons. The molecule has 10 heteroatoms. The number of amides is 2. The van der Waals surface area contributed by atoms with Gasteiger partial charge in [0.05, 0.1) is 5.92 Å². The van der Waals surface area contributed by atoms with Crippen molar-refractivity contribution in [1.82, 2.24) is 10.6 Å². The van der Waals surface area contributed by atoms with Crippen LogP contribution in [0.5, 0.6) is 0 Å². The van der Waals surface area contributed by atoms with Gasteiger partial charge in [0.1, 0.15) is 6.54 Å². The van der Waals surface area contributed by atoms with Crippen molar-refractivity contribution in [2.75, 3.05) is 18.8 Å². The number of ether oxygens (including phenoxy) is 1. The Kier molecular flexibility index (Phi) is 9.98. The molecule has 0 bridgehead atoms. The molecule has 21 heavy (non-hydrogen) atoms. The third-order valence-corrected chi connectivity index (χ3v) is 2.88. The second-order valence-electron chi connectivity index (χ2n) is 4.10. The number of hydrogen-bond acceptors (Lipinski definition) is 7. The number of carboxylic acid groups (broad SMARTS) is 1. The van der Waals surface area contributed by atoms with E-state index in [9.17, 15) is 19.2 Å². The summed E-state index contributed by atoms with van der Waals surface area (Å²) < 4.78 is 4.42. The number of hydrogen-bond donors (Lipinski definition) is 5. The second-order valence-corrected chi connectivity index (χ2v) is 4.47. The molecule has 0 aliphatic heterocycles. The van der Waals surface area contributed by atoms with Crippen molar-refractivity contribution >= 4 is 36.9 Å². The first-order valence-electron chi connectivity index (χ1n) is 6.12. The number of thiol groups is 1. The number of nitrogens with one attached hydrogen (secondary N) is 2. The molecule has 0 saturated heterocycles. The number of rotatable bonds is 11. The number of carboxylic acids is 1. The van der Waals surface area contributed by atoms with Crippen LogP contribution in [0.4, 0.5) is 0 Å². The lowest BCUT2D eigenvalue weighted by Gasteiger charge is -2.15. The van der Waals surface area contributed by atoms with Crippen molar-refractivity contribution in [3.8, 4) is 0 Å². The molecule has 2 atom stereocenters. The van der Waals surface area contributed by atoms with Crippen LogP contribution >= 0.6 is 12.6 Å². The summed E-state index contributed by atoms with van der Waals surface area (Å²) in [5, 5.41) is 13.2. The number of carbonyl (C=O) groups is 4. The average molecular weight is 321 g/mol. The summed E-state index contributed by atoms with van der Waals surface area (Å²) in [5.41, 5.74) is 5.37. The topological polar surface area (TPSA) is 148 Å². The maximum atomic E-state index is 11.6. The third-order valence-electron chi connectivity index (χ3n) is 2.44. The molecule has 0 aromatic heterocycles. The summed E-state index contributed by atoms with van der Waals surface area (Å²) in [6.07, 6.45) is -0.667. The van der Waals surface area contributed by atoms with Gasteiger partial charge in [-0.2, -0.15) is 12.6 Å². The second kappa shape index (κ2) is 10.9. The largest absolute Gasteiger partial charge is 0.480 e. The minimum Gasteiger partial charge on any atom is -0.480 e. The predicted molar refractivity (Wildman–Crippen MR) is 75.4 cm³/mol. The van der Waals surface area contributed by atoms with Crippen LogP contribution in [-0.4, -0.2) is 54.4 Å². The zero-order chi connectivity index (χ0) is 16.3. The van der Waals surface area contributed by atoms with Gasteiger partial charge in [0.25, 0.3) is 6.47 Å². The van der Waals surface area contributed by atoms with E-state index in [1.165, 1.54) is 0 Å². The van der Waals surface area contributed by atoms with Crippen LogP contribution in [-0.2, 0) is 23.9 Å². The fraction of sp³-hybridized carbons (Fsp3) is 0.636. The lowest BCUT2D eigenvalue weighted by Crippen LogP contribution is -2.41. The van der Waals surface area contributed by atoms with E-state index in [-0.39, 0.29) is 37.5 Å². The first kappa shape index (κ1) is 19.2. The maximum Gasteiger partial charge on any atom is 0.322 e. The number of nitrogens with two attached hydrogens (primary N) is 1. The Morgan fingerprint density at radius 2 is 2.00 bits per heavy atom. The molecule has 0 rings (SSSR count). The van der Waals surface area contributed by atoms with Gasteiger partial charge in [0.15, 0.2) is 6.23 Å². The van der Waals surface area contributed by atoms with Crippen molar-refractivity contribution < 1.29 is 29.0 Å². The third kappa shape index (κ3) is 9.68. The molecule has 0 spiro atoms. The van der Waals surface area contributed by atoms with E-state index in [1.807, 2.05) is 0 Å². The predicted octanol–water partition coefficient (Wildman–Crippen LogP) is -1.91. The van der Waals surface area contributed by atoms with E-state index in [0.29, 0.717) is 0 Å². The molecule has 0 aliphatic rings. The zero-order valence-corrected chi connectivity index (χ0v) is 12.2. The molecular weight excluding hydrogens is 302 g/mol. The van der Waals surface area contributed by atoms with Crippen molar-refractivity contribution in [1.29, 1.82) is 0 Å². The SMILES string of the molecule is NC(CCC(=O)NCC(CS)C(=O)NCC(=O)O)OC=O. The molecule has 0 fully saturated rings. The minimum atomic E-state index is -1.16. The van der Waals surface area contributed by atoms with Crippen LogP contribution in [0.3, 0.4) is 0 Å². The normalized spacial score (nSPS) is 12.9. The van der Waals surface area contributed by atoms with Gasteiger partial charge in [0, 0.05) is 25.1 Å². The highest BCUT2D eigenvalue weighted by Gasteiger charge is 2.18. The minimum absolute atomic E-state index is 0.0254. The van der Waals surface area contributed by atoms with Gasteiger partial charge in [-0.15, -0.1) is 0 Å². The quantitative estimate of drug-likeness (QED) is 0.169. The smallest absolute Gasteiger partial charge is 0.322 e. The Hall–Kier alpha value is -1.81. The maximum absolute atomic E-state index is 11.6. The Morgan fingerprint density at radius 3 is 2.52 bits per heavy atom. The van der Waals surface area contributed by atoms with Crippen molar-refractivity contribution in [3.05, 3.63) is 0 Å². The zero-order valence-electron chi connectivity index (χ0n) is 11.3. The standard InChI is InChI=1S/C11H19N3O6S/c12-8(20-6-15)1-2-9(16)13-3-7(5-21)11(19)14-4-10(17)18/h6-8,21H,1-5,12H2,(H,13,16)(H,14,19)(H,17,18). The van der Waals surface area contributed by atoms with Gasteiger partial charge in [-0.25, -0.2) is 0 Å². The van der Waals surface area contributed by atoms with Crippen LogP contribution in [0.1, 0.15) is 12.8 Å². The van der Waals surface area contributed by atoms with Crippen LogP contribution in [0.2, 0.25) is 0 Å². The van der Waals surface area contributed by atoms with Gasteiger partial charge >= 0.3 is 5.97 Å². The molecule has 2 unspecified atom stereocenters. The molecule has 0 aromatic rings. The highest BCUT2D eigenvalue weighted by atomic mass is 32.1. The van der Waals surface area contributed by atoms with Crippen molar-refractivity contribution in [3.63, 3.8) is 0 Å². The van der Waals surface area contributed by atoms with Gasteiger partial charge in [0.2, 0.25) is 11.8 Å². The van der Waals surface area contributed by atoms with E-state index >= 15 is 0 Å². The fourth-order valence-corrected chi connectivity index (χ4v) is 1.58. The lowest BCUT2D eigenvalue weighted by atomic mass is 10.1. The molecule has 120 valence electrons. The van der Waals surface area contributed by atoms with E-state index in [2.05, 4.69) is 28.0 Å². The van der Waals surface area contributed by atoms with Gasteiger partial charge < -0.3 is 20.5 Å². The highest BCUT2D eigenvalue weighted by molar-refractivity contribution is 7.80. The monoisotopic (exact) mass is 321 g/mol. The average Bonchev–Trinajstić information content (AvgIpc) is 2.43. The summed E-state index contributed by atoms with van der Waals surface area (Å²) >= 11 is 3.98. The van der Waals surface area contributed by atoms with Crippen molar-refractivity contribution in [2.45, 2.75) is 19.1 Å². The van der Waals surface area contributed by atoms with E-state index < -0.39 is 30.6 Å². The molecule has 0 heterocycles. The lowest BCUT2D eigenvalue weighted by molar-refractivity contribution is -0.138. The fourth-order valence-electron chi connectivity index (χ4n) is 1.29. The summed E-state index contributed by atoms with van der Waals surface area (Å²) in [6.45, 7) is -0.265. The summed E-state index contributed by atoms with van der Waals surface area (Å²) in [4.78, 5) is 43.4. The summed E-state index contributed by atoms with van der Waals surface area (Å²) in [5.74, 6) is -2.52. The molecule has 5 N–H and O–H groups in total. The van der Waals surface area contributed by atoms with E-state index in [4.69, 9.17) is 10.8 Å². The van der Waals surface area contributed by atoms with Crippen LogP contribution in [0.25, 0.3) is 0 Å².